The molecule has 6 heteroatoms. The zero-order chi connectivity index (χ0) is 17.9. The van der Waals surface area contributed by atoms with E-state index in [0.29, 0.717) is 5.25 Å². The second-order valence-electron chi connectivity index (χ2n) is 6.49. The van der Waals surface area contributed by atoms with E-state index in [1.807, 2.05) is 0 Å². The molecule has 0 N–H and O–H groups in total. The third-order valence-electron chi connectivity index (χ3n) is 4.83. The van der Waals surface area contributed by atoms with Crippen molar-refractivity contribution in [1.29, 1.82) is 0 Å². The van der Waals surface area contributed by atoms with Gasteiger partial charge < -0.3 is 9.64 Å². The molecule has 0 bridgehead atoms. The number of nitrogens with zero attached hydrogens (tertiary/aromatic N) is 4. The van der Waals surface area contributed by atoms with Gasteiger partial charge in [-0.3, -0.25) is 4.57 Å². The Kier molecular flexibility index (Phi) is 5.13. The van der Waals surface area contributed by atoms with Gasteiger partial charge in [0.1, 0.15) is 0 Å². The number of fused-ring (bicyclic) bond motifs is 1. The predicted molar refractivity (Wildman–Crippen MR) is 107 cm³/mol. The molecule has 2 aromatic carbocycles. The van der Waals surface area contributed by atoms with Crippen LogP contribution in [0.1, 0.15) is 24.7 Å². The Bertz CT molecular complexity index is 888. The Morgan fingerprint density at radius 3 is 2.62 bits per heavy atom. The minimum absolute atomic E-state index is 0.312. The fourth-order valence-electron chi connectivity index (χ4n) is 3.33. The highest BCUT2D eigenvalue weighted by Gasteiger charge is 2.21. The number of anilines is 1. The molecule has 0 saturated carbocycles. The molecule has 1 atom stereocenters. The number of thioether (sulfide) groups is 1. The average Bonchev–Trinajstić information content (AvgIpc) is 3.10. The maximum absolute atomic E-state index is 5.45. The van der Waals surface area contributed by atoms with Crippen molar-refractivity contribution in [2.45, 2.75) is 30.8 Å². The lowest BCUT2D eigenvalue weighted by Gasteiger charge is -2.27. The molecule has 1 saturated heterocycles. The molecule has 1 aliphatic heterocycles. The second kappa shape index (κ2) is 7.68. The summed E-state index contributed by atoms with van der Waals surface area (Å²) in [4.78, 5) is 2.27. The molecule has 0 radical (unpaired) electrons. The lowest BCUT2D eigenvalue weighted by molar-refractivity contribution is 0.121. The minimum atomic E-state index is 0.312. The van der Waals surface area contributed by atoms with Crippen LogP contribution in [0.25, 0.3) is 10.8 Å². The Morgan fingerprint density at radius 1 is 1.08 bits per heavy atom. The topological polar surface area (TPSA) is 43.2 Å². The summed E-state index contributed by atoms with van der Waals surface area (Å²) < 4.78 is 7.67. The summed E-state index contributed by atoms with van der Waals surface area (Å²) in [5.74, 6) is 0.962. The van der Waals surface area contributed by atoms with Gasteiger partial charge in [-0.2, -0.15) is 0 Å². The summed E-state index contributed by atoms with van der Waals surface area (Å²) in [7, 11) is 0. The van der Waals surface area contributed by atoms with Crippen molar-refractivity contribution in [3.05, 3.63) is 48.0 Å². The van der Waals surface area contributed by atoms with E-state index in [4.69, 9.17) is 4.74 Å². The third-order valence-corrected chi connectivity index (χ3v) is 5.97. The lowest BCUT2D eigenvalue weighted by Crippen LogP contribution is -2.38. The van der Waals surface area contributed by atoms with E-state index < -0.39 is 0 Å². The number of rotatable bonds is 5. The van der Waals surface area contributed by atoms with Crippen LogP contribution in [0.5, 0.6) is 0 Å². The molecule has 1 aromatic heterocycles. The second-order valence-corrected chi connectivity index (χ2v) is 7.80. The number of aromatic nitrogens is 3. The zero-order valence-electron chi connectivity index (χ0n) is 15.3. The summed E-state index contributed by atoms with van der Waals surface area (Å²) in [5.41, 5.74) is 1.31. The van der Waals surface area contributed by atoms with E-state index in [9.17, 15) is 0 Å². The van der Waals surface area contributed by atoms with Gasteiger partial charge in [-0.05, 0) is 30.2 Å². The van der Waals surface area contributed by atoms with Gasteiger partial charge in [-0.25, -0.2) is 0 Å². The van der Waals surface area contributed by atoms with Crippen molar-refractivity contribution >= 4 is 28.5 Å². The van der Waals surface area contributed by atoms with Crippen LogP contribution in [0.3, 0.4) is 0 Å². The van der Waals surface area contributed by atoms with Gasteiger partial charge in [0.05, 0.1) is 13.2 Å². The smallest absolute Gasteiger partial charge is 0.228 e. The van der Waals surface area contributed by atoms with E-state index in [1.165, 1.54) is 16.3 Å². The molecule has 2 heterocycles. The monoisotopic (exact) mass is 368 g/mol. The van der Waals surface area contributed by atoms with Crippen LogP contribution in [-0.4, -0.2) is 41.1 Å². The van der Waals surface area contributed by atoms with Crippen molar-refractivity contribution in [3.63, 3.8) is 0 Å². The van der Waals surface area contributed by atoms with Crippen LogP contribution < -0.4 is 4.90 Å². The molecule has 0 amide bonds. The number of hydrogen-bond donors (Lipinski definition) is 0. The van der Waals surface area contributed by atoms with E-state index in [-0.39, 0.29) is 0 Å². The molecular formula is C20H24N4OS. The summed E-state index contributed by atoms with van der Waals surface area (Å²) in [6.45, 7) is 8.52. The highest BCUT2D eigenvalue weighted by atomic mass is 32.2. The maximum Gasteiger partial charge on any atom is 0.228 e. The highest BCUT2D eigenvalue weighted by Crippen LogP contribution is 2.36. The normalized spacial score (nSPS) is 16.2. The first kappa shape index (κ1) is 17.4. The summed E-state index contributed by atoms with van der Waals surface area (Å²) >= 11 is 1.77. The van der Waals surface area contributed by atoms with Crippen molar-refractivity contribution in [2.24, 2.45) is 0 Å². The Balaban J connectivity index is 1.56. The first-order valence-corrected chi connectivity index (χ1v) is 10.1. The van der Waals surface area contributed by atoms with Gasteiger partial charge in [0.15, 0.2) is 5.16 Å². The standard InChI is InChI=1S/C20H24N4OS/c1-3-24-19(23-10-12-25-13-11-23)21-22-20(24)26-15(2)17-9-8-16-6-4-5-7-18(16)14-17/h4-9,14-15H,3,10-13H2,1-2H3. The quantitative estimate of drug-likeness (QED) is 0.633. The molecule has 136 valence electrons. The number of benzene rings is 2. The van der Waals surface area contributed by atoms with Gasteiger partial charge in [-0.15, -0.1) is 10.2 Å². The molecule has 0 spiro atoms. The fourth-order valence-corrected chi connectivity index (χ4v) is 4.35. The molecule has 1 fully saturated rings. The van der Waals surface area contributed by atoms with Crippen LogP contribution in [0.2, 0.25) is 0 Å². The number of morpholine rings is 1. The number of ether oxygens (including phenoxy) is 1. The summed E-state index contributed by atoms with van der Waals surface area (Å²) in [6, 6.07) is 15.2. The lowest BCUT2D eigenvalue weighted by atomic mass is 10.1. The van der Waals surface area contributed by atoms with Gasteiger partial charge in [0.2, 0.25) is 5.95 Å². The zero-order valence-corrected chi connectivity index (χ0v) is 16.1. The molecule has 0 aliphatic carbocycles. The predicted octanol–water partition coefficient (Wildman–Crippen LogP) is 4.14. The van der Waals surface area contributed by atoms with Crippen LogP contribution >= 0.6 is 11.8 Å². The molecule has 1 unspecified atom stereocenters. The van der Waals surface area contributed by atoms with Gasteiger partial charge >= 0.3 is 0 Å². The van der Waals surface area contributed by atoms with E-state index in [0.717, 1.165) is 44.0 Å². The van der Waals surface area contributed by atoms with Gasteiger partial charge in [0, 0.05) is 24.9 Å². The van der Waals surface area contributed by atoms with E-state index in [1.54, 1.807) is 11.8 Å². The largest absolute Gasteiger partial charge is 0.378 e. The minimum Gasteiger partial charge on any atom is -0.378 e. The van der Waals surface area contributed by atoms with Crippen molar-refractivity contribution in [2.75, 3.05) is 31.2 Å². The Hall–Kier alpha value is -2.05. The molecule has 4 rings (SSSR count). The Morgan fingerprint density at radius 2 is 1.85 bits per heavy atom. The van der Waals surface area contributed by atoms with E-state index in [2.05, 4.69) is 76.0 Å². The van der Waals surface area contributed by atoms with Crippen LogP contribution in [0.15, 0.2) is 47.6 Å². The first-order chi connectivity index (χ1) is 12.8. The summed E-state index contributed by atoms with van der Waals surface area (Å²) in [5, 5.41) is 12.8. The SMILES string of the molecule is CCn1c(SC(C)c2ccc3ccccc3c2)nnc1N1CCOCC1. The fraction of sp³-hybridized carbons (Fsp3) is 0.400. The van der Waals surface area contributed by atoms with Crippen LogP contribution in [0.4, 0.5) is 5.95 Å². The van der Waals surface area contributed by atoms with E-state index >= 15 is 0 Å². The number of hydrogen-bond acceptors (Lipinski definition) is 5. The molecule has 5 nitrogen and oxygen atoms in total. The van der Waals surface area contributed by atoms with Gasteiger partial charge in [0.25, 0.3) is 0 Å². The van der Waals surface area contributed by atoms with Crippen molar-refractivity contribution in [1.82, 2.24) is 14.8 Å². The highest BCUT2D eigenvalue weighted by molar-refractivity contribution is 7.99. The van der Waals surface area contributed by atoms with Crippen molar-refractivity contribution < 1.29 is 4.74 Å². The summed E-state index contributed by atoms with van der Waals surface area (Å²) in [6.07, 6.45) is 0. The van der Waals surface area contributed by atoms with Crippen LogP contribution in [0, 0.1) is 0 Å². The molecular weight excluding hydrogens is 344 g/mol. The first-order valence-electron chi connectivity index (χ1n) is 9.17. The van der Waals surface area contributed by atoms with Gasteiger partial charge in [-0.1, -0.05) is 54.2 Å². The maximum atomic E-state index is 5.45. The average molecular weight is 369 g/mol. The molecule has 26 heavy (non-hydrogen) atoms. The van der Waals surface area contributed by atoms with Crippen LogP contribution in [-0.2, 0) is 11.3 Å². The molecule has 1 aliphatic rings. The third kappa shape index (κ3) is 3.44. The molecule has 3 aromatic rings. The Labute approximate surface area is 158 Å². The van der Waals surface area contributed by atoms with Crippen molar-refractivity contribution in [3.8, 4) is 0 Å².